The van der Waals surface area contributed by atoms with Crippen LogP contribution in [0.5, 0.6) is 0 Å². The molecule has 0 radical (unpaired) electrons. The van der Waals surface area contributed by atoms with Crippen molar-refractivity contribution >= 4 is 17.6 Å². The van der Waals surface area contributed by atoms with Crippen LogP contribution in [0.4, 0.5) is 14.5 Å². The third-order valence-corrected chi connectivity index (χ3v) is 5.36. The predicted molar refractivity (Wildman–Crippen MR) is 119 cm³/mol. The highest BCUT2D eigenvalue weighted by Gasteiger charge is 2.27. The molecule has 166 valence electrons. The van der Waals surface area contributed by atoms with Crippen LogP contribution < -0.4 is 15.5 Å². The van der Waals surface area contributed by atoms with Crippen molar-refractivity contribution in [3.05, 3.63) is 65.7 Å². The number of halogens is 2. The molecule has 2 aromatic carbocycles. The van der Waals surface area contributed by atoms with Crippen molar-refractivity contribution in [2.45, 2.75) is 25.9 Å². The van der Waals surface area contributed by atoms with Crippen molar-refractivity contribution in [3.63, 3.8) is 0 Å². The van der Waals surface area contributed by atoms with Gasteiger partial charge < -0.3 is 20.4 Å². The fourth-order valence-electron chi connectivity index (χ4n) is 3.71. The Balaban J connectivity index is 1.51. The SMILES string of the molecule is CCN(Cc1ccccc1)C(=O)CNC(=NC)NC1CCN(c2c(F)cccc2F)C1. The smallest absolute Gasteiger partial charge is 0.242 e. The number of aliphatic imine (C=N–C) groups is 1. The predicted octanol–water partition coefficient (Wildman–Crippen LogP) is 2.76. The Morgan fingerprint density at radius 3 is 2.52 bits per heavy atom. The summed E-state index contributed by atoms with van der Waals surface area (Å²) in [6.07, 6.45) is 0.706. The molecular weight excluding hydrogens is 400 g/mol. The minimum absolute atomic E-state index is 0.00410. The number of anilines is 1. The normalized spacial score (nSPS) is 16.3. The van der Waals surface area contributed by atoms with Gasteiger partial charge in [0.2, 0.25) is 5.91 Å². The van der Waals surface area contributed by atoms with E-state index in [4.69, 9.17) is 0 Å². The van der Waals surface area contributed by atoms with Gasteiger partial charge in [0.05, 0.1) is 6.54 Å². The Morgan fingerprint density at radius 2 is 1.87 bits per heavy atom. The molecule has 6 nitrogen and oxygen atoms in total. The number of rotatable bonds is 7. The molecule has 1 fully saturated rings. The lowest BCUT2D eigenvalue weighted by atomic mass is 10.2. The molecule has 0 spiro atoms. The molecule has 1 aliphatic rings. The molecule has 0 aromatic heterocycles. The molecule has 2 aromatic rings. The summed E-state index contributed by atoms with van der Waals surface area (Å²) in [5, 5.41) is 6.30. The number of hydrogen-bond acceptors (Lipinski definition) is 3. The number of carbonyl (C=O) groups is 1. The lowest BCUT2D eigenvalue weighted by Gasteiger charge is -2.23. The van der Waals surface area contributed by atoms with Crippen molar-refractivity contribution in [1.29, 1.82) is 0 Å². The van der Waals surface area contributed by atoms with E-state index < -0.39 is 11.6 Å². The van der Waals surface area contributed by atoms with Crippen LogP contribution in [-0.4, -0.2) is 56.0 Å². The number of nitrogens with zero attached hydrogens (tertiary/aromatic N) is 3. The summed E-state index contributed by atoms with van der Waals surface area (Å²) in [7, 11) is 1.63. The van der Waals surface area contributed by atoms with Gasteiger partial charge in [0, 0.05) is 39.3 Å². The van der Waals surface area contributed by atoms with Crippen molar-refractivity contribution in [2.75, 3.05) is 38.1 Å². The third-order valence-electron chi connectivity index (χ3n) is 5.36. The van der Waals surface area contributed by atoms with Crippen molar-refractivity contribution in [2.24, 2.45) is 4.99 Å². The Morgan fingerprint density at radius 1 is 1.16 bits per heavy atom. The second kappa shape index (κ2) is 10.7. The summed E-state index contributed by atoms with van der Waals surface area (Å²) in [6.45, 7) is 4.19. The molecule has 1 unspecified atom stereocenters. The monoisotopic (exact) mass is 429 g/mol. The largest absolute Gasteiger partial charge is 0.365 e. The van der Waals surface area contributed by atoms with Gasteiger partial charge in [-0.1, -0.05) is 36.4 Å². The average molecular weight is 430 g/mol. The summed E-state index contributed by atoms with van der Waals surface area (Å²) < 4.78 is 28.1. The quantitative estimate of drug-likeness (QED) is 0.525. The minimum atomic E-state index is -0.563. The average Bonchev–Trinajstić information content (AvgIpc) is 3.23. The topological polar surface area (TPSA) is 60.0 Å². The first-order valence-electron chi connectivity index (χ1n) is 10.5. The standard InChI is InChI=1S/C23H29F2N5O/c1-3-29(15-17-8-5-4-6-9-17)21(31)14-27-23(26-2)28-18-12-13-30(16-18)22-19(24)10-7-11-20(22)25/h4-11,18H,3,12-16H2,1-2H3,(H2,26,27,28). The molecule has 3 rings (SSSR count). The van der Waals surface area contributed by atoms with E-state index in [1.54, 1.807) is 16.8 Å². The molecule has 1 aliphatic heterocycles. The molecule has 1 saturated heterocycles. The Hall–Kier alpha value is -3.16. The van der Waals surface area contributed by atoms with Crippen LogP contribution in [0, 0.1) is 11.6 Å². The summed E-state index contributed by atoms with van der Waals surface area (Å²) in [4.78, 5) is 20.3. The zero-order valence-corrected chi connectivity index (χ0v) is 17.9. The maximum absolute atomic E-state index is 14.1. The third kappa shape index (κ3) is 5.93. The minimum Gasteiger partial charge on any atom is -0.365 e. The zero-order valence-electron chi connectivity index (χ0n) is 17.9. The Kier molecular flexibility index (Phi) is 7.81. The van der Waals surface area contributed by atoms with Gasteiger partial charge in [0.15, 0.2) is 5.96 Å². The first kappa shape index (κ1) is 22.5. The highest BCUT2D eigenvalue weighted by Crippen LogP contribution is 2.26. The summed E-state index contributed by atoms with van der Waals surface area (Å²) in [6, 6.07) is 13.7. The van der Waals surface area contributed by atoms with E-state index in [1.165, 1.54) is 18.2 Å². The number of nitrogens with one attached hydrogen (secondary N) is 2. The number of amides is 1. The van der Waals surface area contributed by atoms with Crippen molar-refractivity contribution in [1.82, 2.24) is 15.5 Å². The van der Waals surface area contributed by atoms with Crippen LogP contribution in [0.3, 0.4) is 0 Å². The first-order chi connectivity index (χ1) is 15.0. The van der Waals surface area contributed by atoms with E-state index in [9.17, 15) is 13.6 Å². The number of guanidine groups is 1. The summed E-state index contributed by atoms with van der Waals surface area (Å²) in [5.74, 6) is -0.667. The van der Waals surface area contributed by atoms with Gasteiger partial charge in [-0.15, -0.1) is 0 Å². The molecule has 31 heavy (non-hydrogen) atoms. The second-order valence-corrected chi connectivity index (χ2v) is 7.47. The van der Waals surface area contributed by atoms with E-state index in [1.807, 2.05) is 37.3 Å². The van der Waals surface area contributed by atoms with Crippen LogP contribution in [-0.2, 0) is 11.3 Å². The van der Waals surface area contributed by atoms with E-state index in [-0.39, 0.29) is 24.2 Å². The Bertz CT molecular complexity index is 886. The van der Waals surface area contributed by atoms with Gasteiger partial charge in [-0.2, -0.15) is 0 Å². The van der Waals surface area contributed by atoms with E-state index in [0.29, 0.717) is 38.6 Å². The summed E-state index contributed by atoms with van der Waals surface area (Å²) in [5.41, 5.74) is 1.08. The van der Waals surface area contributed by atoms with Crippen LogP contribution in [0.1, 0.15) is 18.9 Å². The van der Waals surface area contributed by atoms with Gasteiger partial charge in [0.25, 0.3) is 0 Å². The first-order valence-corrected chi connectivity index (χ1v) is 10.5. The van der Waals surface area contributed by atoms with E-state index in [0.717, 1.165) is 5.56 Å². The fraction of sp³-hybridized carbons (Fsp3) is 0.391. The lowest BCUT2D eigenvalue weighted by Crippen LogP contribution is -2.48. The van der Waals surface area contributed by atoms with Crippen LogP contribution in [0.2, 0.25) is 0 Å². The second-order valence-electron chi connectivity index (χ2n) is 7.47. The van der Waals surface area contributed by atoms with E-state index >= 15 is 0 Å². The molecule has 0 saturated carbocycles. The van der Waals surface area contributed by atoms with E-state index in [2.05, 4.69) is 15.6 Å². The van der Waals surface area contributed by atoms with Gasteiger partial charge in [-0.3, -0.25) is 9.79 Å². The number of benzene rings is 2. The lowest BCUT2D eigenvalue weighted by molar-refractivity contribution is -0.130. The van der Waals surface area contributed by atoms with Crippen LogP contribution in [0.15, 0.2) is 53.5 Å². The van der Waals surface area contributed by atoms with Crippen molar-refractivity contribution in [3.8, 4) is 0 Å². The molecule has 0 aliphatic carbocycles. The number of hydrogen-bond donors (Lipinski definition) is 2. The molecule has 1 atom stereocenters. The van der Waals surface area contributed by atoms with Gasteiger partial charge in [-0.25, -0.2) is 8.78 Å². The molecule has 1 amide bonds. The highest BCUT2D eigenvalue weighted by atomic mass is 19.1. The van der Waals surface area contributed by atoms with Crippen LogP contribution >= 0.6 is 0 Å². The Labute approximate surface area is 182 Å². The van der Waals surface area contributed by atoms with Gasteiger partial charge in [0.1, 0.15) is 17.3 Å². The van der Waals surface area contributed by atoms with Gasteiger partial charge >= 0.3 is 0 Å². The zero-order chi connectivity index (χ0) is 22.2. The molecule has 1 heterocycles. The maximum atomic E-state index is 14.1. The summed E-state index contributed by atoms with van der Waals surface area (Å²) >= 11 is 0. The number of carbonyl (C=O) groups excluding carboxylic acids is 1. The number of likely N-dealkylation sites (N-methyl/N-ethyl adjacent to an activating group) is 1. The molecule has 8 heteroatoms. The van der Waals surface area contributed by atoms with Gasteiger partial charge in [-0.05, 0) is 31.0 Å². The maximum Gasteiger partial charge on any atom is 0.242 e. The molecule has 0 bridgehead atoms. The van der Waals surface area contributed by atoms with Crippen molar-refractivity contribution < 1.29 is 13.6 Å². The van der Waals surface area contributed by atoms with Crippen LogP contribution in [0.25, 0.3) is 0 Å². The number of para-hydroxylation sites is 1. The highest BCUT2D eigenvalue weighted by molar-refractivity contribution is 5.86. The molecular formula is C23H29F2N5O. The molecule has 2 N–H and O–H groups in total. The fourth-order valence-corrected chi connectivity index (χ4v) is 3.71.